The molecule has 0 radical (unpaired) electrons. The number of halogens is 1. The number of nitrogens with zero attached hydrogens (tertiary/aromatic N) is 1. The van der Waals surface area contributed by atoms with Crippen molar-refractivity contribution in [1.82, 2.24) is 0 Å². The van der Waals surface area contributed by atoms with E-state index in [1.54, 1.807) is 6.07 Å². The first-order valence-electron chi connectivity index (χ1n) is 6.49. The van der Waals surface area contributed by atoms with Gasteiger partial charge in [-0.25, -0.2) is 0 Å². The van der Waals surface area contributed by atoms with E-state index in [9.17, 15) is 0 Å². The first-order valence-corrected chi connectivity index (χ1v) is 6.87. The Hall–Kier alpha value is -1.20. The predicted octanol–water partition coefficient (Wildman–Crippen LogP) is 4.59. The summed E-state index contributed by atoms with van der Waals surface area (Å²) >= 11 is 6.21. The van der Waals surface area contributed by atoms with Crippen molar-refractivity contribution in [3.8, 4) is 6.07 Å². The summed E-state index contributed by atoms with van der Waals surface area (Å²) in [6.45, 7) is 4.61. The zero-order valence-electron chi connectivity index (χ0n) is 11.0. The molecular weight excluding hydrogens is 244 g/mol. The monoisotopic (exact) mass is 262 g/mol. The molecule has 1 aromatic carbocycles. The number of benzene rings is 1. The fourth-order valence-corrected chi connectivity index (χ4v) is 2.89. The summed E-state index contributed by atoms with van der Waals surface area (Å²) < 4.78 is 0. The van der Waals surface area contributed by atoms with Crippen LogP contribution < -0.4 is 5.32 Å². The normalized spacial score (nSPS) is 22.2. The van der Waals surface area contributed by atoms with Crippen molar-refractivity contribution in [3.63, 3.8) is 0 Å². The number of anilines is 1. The van der Waals surface area contributed by atoms with Crippen molar-refractivity contribution in [3.05, 3.63) is 28.8 Å². The van der Waals surface area contributed by atoms with Crippen LogP contribution in [0.2, 0.25) is 5.02 Å². The van der Waals surface area contributed by atoms with E-state index in [1.165, 1.54) is 25.7 Å². The maximum absolute atomic E-state index is 8.83. The minimum Gasteiger partial charge on any atom is -0.381 e. The summed E-state index contributed by atoms with van der Waals surface area (Å²) in [6.07, 6.45) is 5.02. The fourth-order valence-electron chi connectivity index (χ4n) is 2.65. The molecule has 0 amide bonds. The van der Waals surface area contributed by atoms with Gasteiger partial charge in [0.05, 0.1) is 22.3 Å². The summed E-state index contributed by atoms with van der Waals surface area (Å²) in [5.41, 5.74) is 1.85. The quantitative estimate of drug-likeness (QED) is 0.846. The lowest BCUT2D eigenvalue weighted by Gasteiger charge is -2.39. The first kappa shape index (κ1) is 13.2. The largest absolute Gasteiger partial charge is 0.381 e. The Balaban J connectivity index is 2.16. The molecule has 0 saturated heterocycles. The molecule has 0 spiro atoms. The lowest BCUT2D eigenvalue weighted by atomic mass is 9.73. The Morgan fingerprint density at radius 1 is 1.39 bits per heavy atom. The van der Waals surface area contributed by atoms with Crippen molar-refractivity contribution < 1.29 is 0 Å². The zero-order chi connectivity index (χ0) is 13.2. The van der Waals surface area contributed by atoms with Crippen molar-refractivity contribution in [2.75, 3.05) is 5.32 Å². The summed E-state index contributed by atoms with van der Waals surface area (Å²) in [5, 5.41) is 13.0. The Morgan fingerprint density at radius 2 is 2.17 bits per heavy atom. The van der Waals surface area contributed by atoms with Crippen LogP contribution in [0, 0.1) is 16.7 Å². The average molecular weight is 263 g/mol. The SMILES string of the molecule is CC1(C)CCCCC1Nc1ccc(C#N)cc1Cl. The zero-order valence-corrected chi connectivity index (χ0v) is 11.7. The van der Waals surface area contributed by atoms with Gasteiger partial charge in [-0.3, -0.25) is 0 Å². The van der Waals surface area contributed by atoms with E-state index in [4.69, 9.17) is 16.9 Å². The molecule has 1 unspecified atom stereocenters. The second-order valence-corrected chi connectivity index (χ2v) is 6.14. The van der Waals surface area contributed by atoms with Gasteiger partial charge < -0.3 is 5.32 Å². The van der Waals surface area contributed by atoms with Gasteiger partial charge in [0.15, 0.2) is 0 Å². The summed E-state index contributed by atoms with van der Waals surface area (Å²) in [4.78, 5) is 0. The van der Waals surface area contributed by atoms with Gasteiger partial charge in [0.2, 0.25) is 0 Å². The van der Waals surface area contributed by atoms with E-state index in [1.807, 2.05) is 12.1 Å². The van der Waals surface area contributed by atoms with Crippen LogP contribution in [0.15, 0.2) is 18.2 Å². The second-order valence-electron chi connectivity index (χ2n) is 5.74. The fraction of sp³-hybridized carbons (Fsp3) is 0.533. The lowest BCUT2D eigenvalue weighted by molar-refractivity contribution is 0.217. The smallest absolute Gasteiger partial charge is 0.0992 e. The van der Waals surface area contributed by atoms with E-state index in [0.717, 1.165) is 5.69 Å². The summed E-state index contributed by atoms with van der Waals surface area (Å²) in [5.74, 6) is 0. The first-order chi connectivity index (χ1) is 8.53. The van der Waals surface area contributed by atoms with Crippen molar-refractivity contribution >= 4 is 17.3 Å². The van der Waals surface area contributed by atoms with Crippen LogP contribution in [0.5, 0.6) is 0 Å². The van der Waals surface area contributed by atoms with Crippen molar-refractivity contribution in [1.29, 1.82) is 5.26 Å². The second kappa shape index (κ2) is 5.20. The molecule has 18 heavy (non-hydrogen) atoms. The standard InChI is InChI=1S/C15H19ClN2/c1-15(2)8-4-3-5-14(15)18-13-7-6-11(10-17)9-12(13)16/h6-7,9,14,18H,3-5,8H2,1-2H3. The molecule has 1 aromatic rings. The van der Waals surface area contributed by atoms with Crippen LogP contribution in [0.1, 0.15) is 45.1 Å². The van der Waals surface area contributed by atoms with Crippen LogP contribution in [0.4, 0.5) is 5.69 Å². The third kappa shape index (κ3) is 2.79. The highest BCUT2D eigenvalue weighted by atomic mass is 35.5. The van der Waals surface area contributed by atoms with Gasteiger partial charge in [-0.15, -0.1) is 0 Å². The highest BCUT2D eigenvalue weighted by molar-refractivity contribution is 6.33. The van der Waals surface area contributed by atoms with E-state index < -0.39 is 0 Å². The van der Waals surface area contributed by atoms with Crippen LogP contribution in [0.25, 0.3) is 0 Å². The topological polar surface area (TPSA) is 35.8 Å². The Bertz CT molecular complexity index is 474. The molecule has 2 rings (SSSR count). The third-order valence-corrected chi connectivity index (χ3v) is 4.25. The van der Waals surface area contributed by atoms with Gasteiger partial charge >= 0.3 is 0 Å². The van der Waals surface area contributed by atoms with Crippen LogP contribution in [-0.4, -0.2) is 6.04 Å². The Labute approximate surface area is 114 Å². The third-order valence-electron chi connectivity index (χ3n) is 3.94. The minimum absolute atomic E-state index is 0.301. The molecule has 0 aliphatic heterocycles. The van der Waals surface area contributed by atoms with Gasteiger partial charge in [-0.05, 0) is 36.5 Å². The van der Waals surface area contributed by atoms with E-state index in [-0.39, 0.29) is 0 Å². The summed E-state index contributed by atoms with van der Waals surface area (Å²) in [7, 11) is 0. The number of nitriles is 1. The predicted molar refractivity (Wildman–Crippen MR) is 75.8 cm³/mol. The van der Waals surface area contributed by atoms with Crippen LogP contribution >= 0.6 is 11.6 Å². The molecule has 0 aromatic heterocycles. The van der Waals surface area contributed by atoms with Crippen molar-refractivity contribution in [2.45, 2.75) is 45.6 Å². The molecule has 1 saturated carbocycles. The molecule has 1 aliphatic rings. The maximum atomic E-state index is 8.83. The van der Waals surface area contributed by atoms with Gasteiger partial charge in [0.25, 0.3) is 0 Å². The van der Waals surface area contributed by atoms with E-state index >= 15 is 0 Å². The molecule has 1 N–H and O–H groups in total. The number of rotatable bonds is 2. The highest BCUT2D eigenvalue weighted by Gasteiger charge is 2.32. The number of hydrogen-bond donors (Lipinski definition) is 1. The maximum Gasteiger partial charge on any atom is 0.0992 e. The highest BCUT2D eigenvalue weighted by Crippen LogP contribution is 2.38. The van der Waals surface area contributed by atoms with Crippen LogP contribution in [0.3, 0.4) is 0 Å². The lowest BCUT2D eigenvalue weighted by Crippen LogP contribution is -2.38. The van der Waals surface area contributed by atoms with Gasteiger partial charge in [0.1, 0.15) is 0 Å². The van der Waals surface area contributed by atoms with E-state index in [2.05, 4.69) is 25.2 Å². The molecule has 3 heteroatoms. The van der Waals surface area contributed by atoms with Crippen LogP contribution in [-0.2, 0) is 0 Å². The molecule has 96 valence electrons. The minimum atomic E-state index is 0.301. The Morgan fingerprint density at radius 3 is 2.78 bits per heavy atom. The number of hydrogen-bond acceptors (Lipinski definition) is 2. The molecule has 2 nitrogen and oxygen atoms in total. The molecule has 0 bridgehead atoms. The molecule has 1 atom stereocenters. The van der Waals surface area contributed by atoms with Gasteiger partial charge in [-0.2, -0.15) is 5.26 Å². The van der Waals surface area contributed by atoms with E-state index in [0.29, 0.717) is 22.0 Å². The summed E-state index contributed by atoms with van der Waals surface area (Å²) in [6, 6.07) is 8.00. The molecular formula is C15H19ClN2. The van der Waals surface area contributed by atoms with Crippen molar-refractivity contribution in [2.24, 2.45) is 5.41 Å². The molecule has 1 fully saturated rings. The number of nitrogens with one attached hydrogen (secondary N) is 1. The molecule has 0 heterocycles. The van der Waals surface area contributed by atoms with Gasteiger partial charge in [0, 0.05) is 6.04 Å². The Kier molecular flexibility index (Phi) is 3.82. The molecule has 1 aliphatic carbocycles. The van der Waals surface area contributed by atoms with Gasteiger partial charge in [-0.1, -0.05) is 38.3 Å². The average Bonchev–Trinajstić information content (AvgIpc) is 2.33.